The molecule has 28 heavy (non-hydrogen) atoms. The molecule has 148 valence electrons. The summed E-state index contributed by atoms with van der Waals surface area (Å²) in [4.78, 5) is 12.7. The molecule has 0 aliphatic heterocycles. The van der Waals surface area contributed by atoms with Gasteiger partial charge >= 0.3 is 0 Å². The highest BCUT2D eigenvalue weighted by molar-refractivity contribution is 5.85. The Bertz CT molecular complexity index is 949. The number of hydrogen-bond acceptors (Lipinski definition) is 4. The summed E-state index contributed by atoms with van der Waals surface area (Å²) in [6.45, 7) is 0.430. The Hall–Kier alpha value is -2.64. The first-order valence-electron chi connectivity index (χ1n) is 9.26. The molecule has 8 heteroatoms. The average molecular weight is 401 g/mol. The fourth-order valence-corrected chi connectivity index (χ4v) is 3.75. The molecule has 3 aromatic rings. The minimum absolute atomic E-state index is 0. The number of fused-ring (bicyclic) bond motifs is 1. The number of likely N-dealkylation sites (N-methyl/N-ethyl adjacent to an activating group) is 1. The maximum Gasteiger partial charge on any atom is 0.242 e. The van der Waals surface area contributed by atoms with Crippen molar-refractivity contribution in [1.29, 1.82) is 0 Å². The quantitative estimate of drug-likeness (QED) is 0.664. The van der Waals surface area contributed by atoms with Crippen LogP contribution in [0.2, 0.25) is 0 Å². The van der Waals surface area contributed by atoms with Gasteiger partial charge in [0, 0.05) is 24.5 Å². The predicted octanol–water partition coefficient (Wildman–Crippen LogP) is 2.09. The van der Waals surface area contributed by atoms with Crippen molar-refractivity contribution in [3.8, 4) is 5.69 Å². The lowest BCUT2D eigenvalue weighted by atomic mass is 10.1. The van der Waals surface area contributed by atoms with E-state index in [1.165, 1.54) is 11.3 Å². The molecule has 2 heterocycles. The number of halogens is 1. The fraction of sp³-hybridized carbons (Fsp3) is 0.350. The Balaban J connectivity index is 0.00000225. The van der Waals surface area contributed by atoms with Gasteiger partial charge in [0.2, 0.25) is 5.91 Å². The van der Waals surface area contributed by atoms with Crippen LogP contribution in [0.3, 0.4) is 0 Å². The van der Waals surface area contributed by atoms with Gasteiger partial charge in [0.1, 0.15) is 6.04 Å². The minimum Gasteiger partial charge on any atom is -0.349 e. The van der Waals surface area contributed by atoms with Gasteiger partial charge in [-0.1, -0.05) is 18.2 Å². The summed E-state index contributed by atoms with van der Waals surface area (Å²) in [7, 11) is 3.62. The Morgan fingerprint density at radius 2 is 2.04 bits per heavy atom. The summed E-state index contributed by atoms with van der Waals surface area (Å²) >= 11 is 0. The van der Waals surface area contributed by atoms with E-state index in [1.54, 1.807) is 17.9 Å². The zero-order valence-corrected chi connectivity index (χ0v) is 16.9. The van der Waals surface area contributed by atoms with E-state index in [0.717, 1.165) is 36.2 Å². The molecule has 1 atom stereocenters. The zero-order valence-electron chi connectivity index (χ0n) is 16.1. The number of rotatable bonds is 6. The van der Waals surface area contributed by atoms with Gasteiger partial charge in [0.15, 0.2) is 0 Å². The SMILES string of the molecule is CNC(C(=O)NCc1nn(-c2ccccc2)c2c1CCC2)c1cnn(C)c1.Cl. The fourth-order valence-electron chi connectivity index (χ4n) is 3.75. The van der Waals surface area contributed by atoms with Crippen molar-refractivity contribution in [3.05, 3.63) is 65.2 Å². The van der Waals surface area contributed by atoms with Crippen LogP contribution in [0.1, 0.15) is 35.0 Å². The summed E-state index contributed by atoms with van der Waals surface area (Å²) in [5, 5.41) is 15.1. The molecule has 2 aromatic heterocycles. The monoisotopic (exact) mass is 400 g/mol. The summed E-state index contributed by atoms with van der Waals surface area (Å²) < 4.78 is 3.72. The first kappa shape index (κ1) is 20.1. The summed E-state index contributed by atoms with van der Waals surface area (Å²) in [6.07, 6.45) is 6.74. The highest BCUT2D eigenvalue weighted by atomic mass is 35.5. The molecular weight excluding hydrogens is 376 g/mol. The van der Waals surface area contributed by atoms with Crippen LogP contribution in [0, 0.1) is 0 Å². The van der Waals surface area contributed by atoms with E-state index < -0.39 is 6.04 Å². The second kappa shape index (κ2) is 8.58. The number of nitrogens with one attached hydrogen (secondary N) is 2. The van der Waals surface area contributed by atoms with Gasteiger partial charge in [-0.05, 0) is 44.0 Å². The number of aryl methyl sites for hydroxylation is 1. The van der Waals surface area contributed by atoms with E-state index in [1.807, 2.05) is 36.1 Å². The van der Waals surface area contributed by atoms with Gasteiger partial charge in [-0.3, -0.25) is 9.48 Å². The number of benzene rings is 1. The predicted molar refractivity (Wildman–Crippen MR) is 110 cm³/mol. The van der Waals surface area contributed by atoms with E-state index in [-0.39, 0.29) is 18.3 Å². The molecule has 1 aliphatic rings. The molecule has 1 unspecified atom stereocenters. The maximum absolute atomic E-state index is 12.7. The third-order valence-electron chi connectivity index (χ3n) is 5.05. The third kappa shape index (κ3) is 3.81. The molecule has 0 saturated heterocycles. The normalized spacial score (nSPS) is 13.6. The second-order valence-electron chi connectivity index (χ2n) is 6.86. The lowest BCUT2D eigenvalue weighted by Gasteiger charge is -2.14. The molecule has 0 bridgehead atoms. The summed E-state index contributed by atoms with van der Waals surface area (Å²) in [5.41, 5.74) is 5.42. The number of para-hydroxylation sites is 1. The van der Waals surface area contributed by atoms with E-state index >= 15 is 0 Å². The van der Waals surface area contributed by atoms with Crippen molar-refractivity contribution in [2.45, 2.75) is 31.8 Å². The molecule has 1 aromatic carbocycles. The Kier molecular flexibility index (Phi) is 6.16. The molecular formula is C20H25ClN6O. The van der Waals surface area contributed by atoms with Crippen molar-refractivity contribution in [1.82, 2.24) is 30.2 Å². The number of nitrogens with zero attached hydrogens (tertiary/aromatic N) is 4. The molecule has 4 rings (SSSR count). The van der Waals surface area contributed by atoms with Crippen molar-refractivity contribution in [2.75, 3.05) is 7.05 Å². The van der Waals surface area contributed by atoms with E-state index in [2.05, 4.69) is 27.9 Å². The maximum atomic E-state index is 12.7. The van der Waals surface area contributed by atoms with Gasteiger partial charge in [0.25, 0.3) is 0 Å². The average Bonchev–Trinajstić information content (AvgIpc) is 3.39. The number of carbonyl (C=O) groups excluding carboxylic acids is 1. The van der Waals surface area contributed by atoms with E-state index in [0.29, 0.717) is 6.54 Å². The minimum atomic E-state index is -0.428. The standard InChI is InChI=1S/C20H24N6O.ClH/c1-21-19(14-11-23-25(2)13-14)20(27)22-12-17-16-9-6-10-18(16)26(24-17)15-7-4-3-5-8-15;/h3-5,7-8,11,13,19,21H,6,9-10,12H2,1-2H3,(H,22,27);1H. The molecule has 0 radical (unpaired) electrons. The van der Waals surface area contributed by atoms with Crippen LogP contribution < -0.4 is 10.6 Å². The lowest BCUT2D eigenvalue weighted by Crippen LogP contribution is -2.35. The van der Waals surface area contributed by atoms with Gasteiger partial charge in [0.05, 0.1) is 24.1 Å². The number of hydrogen-bond donors (Lipinski definition) is 2. The van der Waals surface area contributed by atoms with E-state index in [9.17, 15) is 4.79 Å². The highest BCUT2D eigenvalue weighted by Gasteiger charge is 2.25. The third-order valence-corrected chi connectivity index (χ3v) is 5.05. The zero-order chi connectivity index (χ0) is 18.8. The van der Waals surface area contributed by atoms with Crippen molar-refractivity contribution < 1.29 is 4.79 Å². The molecule has 1 amide bonds. The second-order valence-corrected chi connectivity index (χ2v) is 6.86. The summed E-state index contributed by atoms with van der Waals surface area (Å²) in [6, 6.07) is 9.74. The Labute approximate surface area is 170 Å². The van der Waals surface area contributed by atoms with Crippen molar-refractivity contribution in [2.24, 2.45) is 7.05 Å². The number of aromatic nitrogens is 4. The smallest absolute Gasteiger partial charge is 0.242 e. The summed E-state index contributed by atoms with van der Waals surface area (Å²) in [5.74, 6) is -0.0773. The first-order chi connectivity index (χ1) is 13.2. The molecule has 1 aliphatic carbocycles. The van der Waals surface area contributed by atoms with Crippen LogP contribution in [-0.4, -0.2) is 32.5 Å². The van der Waals surface area contributed by atoms with Crippen LogP contribution >= 0.6 is 12.4 Å². The van der Waals surface area contributed by atoms with Crippen molar-refractivity contribution in [3.63, 3.8) is 0 Å². The van der Waals surface area contributed by atoms with Crippen LogP contribution in [0.5, 0.6) is 0 Å². The van der Waals surface area contributed by atoms with Crippen LogP contribution in [0.25, 0.3) is 5.69 Å². The molecule has 0 saturated carbocycles. The molecule has 0 fully saturated rings. The van der Waals surface area contributed by atoms with Crippen LogP contribution in [0.4, 0.5) is 0 Å². The lowest BCUT2D eigenvalue weighted by molar-refractivity contribution is -0.123. The van der Waals surface area contributed by atoms with Gasteiger partial charge in [-0.25, -0.2) is 4.68 Å². The molecule has 7 nitrogen and oxygen atoms in total. The molecule has 0 spiro atoms. The molecule has 2 N–H and O–H groups in total. The van der Waals surface area contributed by atoms with Gasteiger partial charge in [-0.15, -0.1) is 12.4 Å². The first-order valence-corrected chi connectivity index (χ1v) is 9.26. The van der Waals surface area contributed by atoms with Gasteiger partial charge < -0.3 is 10.6 Å². The topological polar surface area (TPSA) is 76.8 Å². The number of amides is 1. The Morgan fingerprint density at radius 1 is 1.25 bits per heavy atom. The number of carbonyl (C=O) groups is 1. The van der Waals surface area contributed by atoms with Crippen molar-refractivity contribution >= 4 is 18.3 Å². The highest BCUT2D eigenvalue weighted by Crippen LogP contribution is 2.27. The van der Waals surface area contributed by atoms with Crippen LogP contribution in [0.15, 0.2) is 42.7 Å². The largest absolute Gasteiger partial charge is 0.349 e. The van der Waals surface area contributed by atoms with E-state index in [4.69, 9.17) is 5.10 Å². The van der Waals surface area contributed by atoms with Crippen LogP contribution in [-0.2, 0) is 31.2 Å². The Morgan fingerprint density at radius 3 is 2.71 bits per heavy atom. The van der Waals surface area contributed by atoms with Gasteiger partial charge in [-0.2, -0.15) is 10.2 Å².